The van der Waals surface area contributed by atoms with Gasteiger partial charge in [0.15, 0.2) is 0 Å². The van der Waals surface area contributed by atoms with Gasteiger partial charge < -0.3 is 9.80 Å². The minimum Gasteiger partial charge on any atom is -0.370 e. The first-order valence-corrected chi connectivity index (χ1v) is 5.58. The summed E-state index contributed by atoms with van der Waals surface area (Å²) in [5.41, 5.74) is 0.744. The summed E-state index contributed by atoms with van der Waals surface area (Å²) in [4.78, 5) is 15.5. The molecular formula is C11H20N4O. The third kappa shape index (κ3) is 4.02. The summed E-state index contributed by atoms with van der Waals surface area (Å²) in [6.07, 6.45) is 2.77. The van der Waals surface area contributed by atoms with Crippen molar-refractivity contribution in [3.63, 3.8) is 0 Å². The number of nitrogens with zero attached hydrogens (tertiary/aromatic N) is 3. The van der Waals surface area contributed by atoms with Gasteiger partial charge in [0.1, 0.15) is 0 Å². The molecule has 0 spiro atoms. The van der Waals surface area contributed by atoms with Crippen LogP contribution in [0.4, 0.5) is 5.69 Å². The molecule has 0 unspecified atom stereocenters. The molecule has 0 amide bonds. The van der Waals surface area contributed by atoms with Crippen molar-refractivity contribution in [3.8, 4) is 0 Å². The fourth-order valence-electron chi connectivity index (χ4n) is 1.59. The molecule has 0 atom stereocenters. The number of hydrogen-bond donors (Lipinski definition) is 1. The minimum absolute atomic E-state index is 0.149. The van der Waals surface area contributed by atoms with Gasteiger partial charge in [0.25, 0.3) is 5.56 Å². The summed E-state index contributed by atoms with van der Waals surface area (Å²) in [6.45, 7) is 4.96. The highest BCUT2D eigenvalue weighted by atomic mass is 16.1. The van der Waals surface area contributed by atoms with E-state index in [1.807, 2.05) is 0 Å². The first kappa shape index (κ1) is 12.7. The maximum absolute atomic E-state index is 11.1. The average molecular weight is 224 g/mol. The molecule has 0 bridgehead atoms. The van der Waals surface area contributed by atoms with Crippen molar-refractivity contribution >= 4 is 5.69 Å². The average Bonchev–Trinajstić information content (AvgIpc) is 2.24. The number of aromatic amines is 1. The number of nitrogens with one attached hydrogen (secondary N) is 1. The van der Waals surface area contributed by atoms with Crippen molar-refractivity contribution in [3.05, 3.63) is 22.6 Å². The van der Waals surface area contributed by atoms with E-state index >= 15 is 0 Å². The van der Waals surface area contributed by atoms with Crippen molar-refractivity contribution in [1.82, 2.24) is 15.1 Å². The van der Waals surface area contributed by atoms with Crippen LogP contribution < -0.4 is 10.5 Å². The largest absolute Gasteiger partial charge is 0.370 e. The number of hydrogen-bond acceptors (Lipinski definition) is 4. The zero-order valence-electron chi connectivity index (χ0n) is 10.2. The van der Waals surface area contributed by atoms with Gasteiger partial charge in [0.05, 0.1) is 11.9 Å². The maximum Gasteiger partial charge on any atom is 0.266 e. The highest BCUT2D eigenvalue weighted by Crippen LogP contribution is 2.08. The van der Waals surface area contributed by atoms with Crippen LogP contribution in [0.5, 0.6) is 0 Å². The molecule has 0 aliphatic carbocycles. The van der Waals surface area contributed by atoms with Crippen LogP contribution in [-0.2, 0) is 0 Å². The summed E-state index contributed by atoms with van der Waals surface area (Å²) >= 11 is 0. The minimum atomic E-state index is -0.149. The van der Waals surface area contributed by atoms with Gasteiger partial charge in [-0.15, -0.1) is 0 Å². The van der Waals surface area contributed by atoms with Crippen LogP contribution in [0.1, 0.15) is 13.3 Å². The van der Waals surface area contributed by atoms with Crippen molar-refractivity contribution in [2.24, 2.45) is 0 Å². The second kappa shape index (κ2) is 6.27. The van der Waals surface area contributed by atoms with E-state index in [0.717, 1.165) is 31.7 Å². The molecule has 0 aliphatic rings. The lowest BCUT2D eigenvalue weighted by molar-refractivity contribution is 0.400. The lowest BCUT2D eigenvalue weighted by Gasteiger charge is -2.23. The molecule has 0 aromatic carbocycles. The van der Waals surface area contributed by atoms with E-state index in [-0.39, 0.29) is 5.56 Å². The molecule has 16 heavy (non-hydrogen) atoms. The highest BCUT2D eigenvalue weighted by Gasteiger charge is 2.04. The van der Waals surface area contributed by atoms with E-state index in [9.17, 15) is 4.79 Å². The fourth-order valence-corrected chi connectivity index (χ4v) is 1.59. The number of aromatic nitrogens is 2. The smallest absolute Gasteiger partial charge is 0.266 e. The Labute approximate surface area is 96.1 Å². The molecule has 5 heteroatoms. The number of anilines is 1. The Kier molecular flexibility index (Phi) is 4.98. The van der Waals surface area contributed by atoms with Crippen LogP contribution in [0.25, 0.3) is 0 Å². The quantitative estimate of drug-likeness (QED) is 0.766. The summed E-state index contributed by atoms with van der Waals surface area (Å²) in [5.74, 6) is 0. The monoisotopic (exact) mass is 224 g/mol. The van der Waals surface area contributed by atoms with Crippen LogP contribution >= 0.6 is 0 Å². The summed E-state index contributed by atoms with van der Waals surface area (Å²) in [7, 11) is 4.12. The van der Waals surface area contributed by atoms with Crippen molar-refractivity contribution in [1.29, 1.82) is 0 Å². The van der Waals surface area contributed by atoms with E-state index in [1.165, 1.54) is 0 Å². The molecule has 0 aliphatic heterocycles. The van der Waals surface area contributed by atoms with Crippen LogP contribution in [-0.4, -0.2) is 48.8 Å². The lowest BCUT2D eigenvalue weighted by atomic mass is 10.3. The van der Waals surface area contributed by atoms with Crippen LogP contribution in [0.15, 0.2) is 17.1 Å². The molecule has 5 nitrogen and oxygen atoms in total. The van der Waals surface area contributed by atoms with Crippen LogP contribution in [0.3, 0.4) is 0 Å². The third-order valence-electron chi connectivity index (χ3n) is 2.43. The van der Waals surface area contributed by atoms with Gasteiger partial charge in [-0.05, 0) is 34.0 Å². The SMILES string of the molecule is CCN(CCCN(C)C)c1cn[nH]c(=O)c1. The van der Waals surface area contributed by atoms with Crippen molar-refractivity contribution < 1.29 is 0 Å². The molecule has 1 heterocycles. The first-order valence-electron chi connectivity index (χ1n) is 5.58. The van der Waals surface area contributed by atoms with E-state index in [1.54, 1.807) is 12.3 Å². The summed E-state index contributed by atoms with van der Waals surface area (Å²) < 4.78 is 0. The van der Waals surface area contributed by atoms with Crippen molar-refractivity contribution in [2.45, 2.75) is 13.3 Å². The molecule has 1 aromatic rings. The second-order valence-electron chi connectivity index (χ2n) is 4.04. The van der Waals surface area contributed by atoms with E-state index in [2.05, 4.69) is 41.0 Å². The molecule has 0 saturated carbocycles. The highest BCUT2D eigenvalue weighted by molar-refractivity contribution is 5.42. The Morgan fingerprint density at radius 1 is 1.38 bits per heavy atom. The predicted octanol–water partition coefficient (Wildman–Crippen LogP) is 0.548. The molecular weight excluding hydrogens is 204 g/mol. The molecule has 0 saturated heterocycles. The van der Waals surface area contributed by atoms with E-state index < -0.39 is 0 Å². The zero-order valence-corrected chi connectivity index (χ0v) is 10.2. The summed E-state index contributed by atoms with van der Waals surface area (Å²) in [6, 6.07) is 1.59. The zero-order chi connectivity index (χ0) is 12.0. The summed E-state index contributed by atoms with van der Waals surface area (Å²) in [5, 5.41) is 6.19. The number of rotatable bonds is 6. The number of H-pyrrole nitrogens is 1. The van der Waals surface area contributed by atoms with Crippen LogP contribution in [0.2, 0.25) is 0 Å². The van der Waals surface area contributed by atoms with Crippen molar-refractivity contribution in [2.75, 3.05) is 38.6 Å². The molecule has 90 valence electrons. The third-order valence-corrected chi connectivity index (χ3v) is 2.43. The normalized spacial score (nSPS) is 10.8. The standard InChI is InChI=1S/C11H20N4O/c1-4-15(7-5-6-14(2)3)10-8-11(16)13-12-9-10/h8-9H,4-7H2,1-3H3,(H,13,16). The molecule has 1 aromatic heterocycles. The van der Waals surface area contributed by atoms with Gasteiger partial charge in [-0.25, -0.2) is 5.10 Å². The van der Waals surface area contributed by atoms with Gasteiger partial charge in [-0.2, -0.15) is 5.10 Å². The first-order chi connectivity index (χ1) is 7.63. The lowest BCUT2D eigenvalue weighted by Crippen LogP contribution is -2.28. The van der Waals surface area contributed by atoms with Gasteiger partial charge in [-0.1, -0.05) is 0 Å². The molecule has 1 N–H and O–H groups in total. The van der Waals surface area contributed by atoms with Gasteiger partial charge >= 0.3 is 0 Å². The van der Waals surface area contributed by atoms with Gasteiger partial charge in [-0.3, -0.25) is 4.79 Å². The maximum atomic E-state index is 11.1. The Morgan fingerprint density at radius 2 is 2.12 bits per heavy atom. The van der Waals surface area contributed by atoms with Crippen LogP contribution in [0, 0.1) is 0 Å². The van der Waals surface area contributed by atoms with E-state index in [0.29, 0.717) is 0 Å². The molecule has 1 rings (SSSR count). The Balaban J connectivity index is 2.57. The van der Waals surface area contributed by atoms with E-state index in [4.69, 9.17) is 0 Å². The predicted molar refractivity (Wildman–Crippen MR) is 65.9 cm³/mol. The molecule has 0 radical (unpaired) electrons. The Hall–Kier alpha value is -1.36. The topological polar surface area (TPSA) is 52.2 Å². The van der Waals surface area contributed by atoms with Gasteiger partial charge in [0.2, 0.25) is 0 Å². The fraction of sp³-hybridized carbons (Fsp3) is 0.636. The Bertz CT molecular complexity index is 361. The second-order valence-corrected chi connectivity index (χ2v) is 4.04. The Morgan fingerprint density at radius 3 is 2.69 bits per heavy atom. The van der Waals surface area contributed by atoms with Gasteiger partial charge in [0, 0.05) is 19.2 Å². The molecule has 0 fully saturated rings.